The van der Waals surface area contributed by atoms with Crippen molar-refractivity contribution in [2.45, 2.75) is 0 Å². The van der Waals surface area contributed by atoms with Gasteiger partial charge in [-0.1, -0.05) is 13.2 Å². The van der Waals surface area contributed by atoms with Crippen LogP contribution in [0.2, 0.25) is 0 Å². The van der Waals surface area contributed by atoms with E-state index in [4.69, 9.17) is 5.11 Å². The van der Waals surface area contributed by atoms with E-state index in [9.17, 15) is 9.59 Å². The molecule has 0 aliphatic rings. The van der Waals surface area contributed by atoms with Crippen LogP contribution in [0.4, 0.5) is 0 Å². The van der Waals surface area contributed by atoms with E-state index in [1.165, 1.54) is 6.20 Å². The third-order valence-corrected chi connectivity index (χ3v) is 0.361. The van der Waals surface area contributed by atoms with Crippen LogP contribution in [0.25, 0.3) is 0 Å². The van der Waals surface area contributed by atoms with Gasteiger partial charge in [-0.2, -0.15) is 0 Å². The Morgan fingerprint density at radius 1 is 1.50 bits per heavy atom. The first-order chi connectivity index (χ1) is 4.68. The van der Waals surface area contributed by atoms with Crippen molar-refractivity contribution in [2.75, 3.05) is 0 Å². The molecule has 0 spiro atoms. The Morgan fingerprint density at radius 3 is 1.90 bits per heavy atom. The standard InChI is InChI=1S/C3H5NO.C3H4O2/c1-2-4-3-5;1-2-3(4)5/h2-3H,1H2,(H,4,5);2H,1H2,(H,4,5). The fourth-order valence-electron chi connectivity index (χ4n) is 0.0481. The van der Waals surface area contributed by atoms with Crippen molar-refractivity contribution in [1.82, 2.24) is 5.32 Å². The quantitative estimate of drug-likeness (QED) is 0.436. The number of aliphatic carboxylic acids is 1. The monoisotopic (exact) mass is 143 g/mol. The van der Waals surface area contributed by atoms with Crippen LogP contribution in [-0.2, 0) is 9.59 Å². The van der Waals surface area contributed by atoms with Gasteiger partial charge in [-0.15, -0.1) is 0 Å². The van der Waals surface area contributed by atoms with Crippen LogP contribution in [-0.4, -0.2) is 17.5 Å². The highest BCUT2D eigenvalue weighted by Crippen LogP contribution is 1.54. The van der Waals surface area contributed by atoms with Crippen molar-refractivity contribution < 1.29 is 14.7 Å². The van der Waals surface area contributed by atoms with Crippen molar-refractivity contribution in [3.05, 3.63) is 25.4 Å². The van der Waals surface area contributed by atoms with E-state index in [1.807, 2.05) is 0 Å². The summed E-state index contributed by atoms with van der Waals surface area (Å²) in [7, 11) is 0. The van der Waals surface area contributed by atoms with Crippen molar-refractivity contribution in [2.24, 2.45) is 0 Å². The first-order valence-corrected chi connectivity index (χ1v) is 2.35. The summed E-state index contributed by atoms with van der Waals surface area (Å²) in [6.45, 7) is 6.17. The van der Waals surface area contributed by atoms with E-state index in [-0.39, 0.29) is 0 Å². The maximum atomic E-state index is 9.25. The lowest BCUT2D eigenvalue weighted by atomic mass is 10.7. The van der Waals surface area contributed by atoms with E-state index in [0.717, 1.165) is 6.08 Å². The molecule has 4 heteroatoms. The molecule has 1 amide bonds. The van der Waals surface area contributed by atoms with Crippen LogP contribution in [0.5, 0.6) is 0 Å². The molecular weight excluding hydrogens is 134 g/mol. The second-order valence-electron chi connectivity index (χ2n) is 1.03. The van der Waals surface area contributed by atoms with E-state index in [1.54, 1.807) is 0 Å². The van der Waals surface area contributed by atoms with Crippen LogP contribution < -0.4 is 5.32 Å². The average molecular weight is 143 g/mol. The normalized spacial score (nSPS) is 6.00. The molecule has 10 heavy (non-hydrogen) atoms. The maximum Gasteiger partial charge on any atom is 0.327 e. The molecule has 56 valence electrons. The Labute approximate surface area is 58.9 Å². The molecule has 0 unspecified atom stereocenters. The average Bonchev–Trinajstić information content (AvgIpc) is 1.91. The third-order valence-electron chi connectivity index (χ3n) is 0.361. The number of carboxylic acids is 1. The zero-order valence-corrected chi connectivity index (χ0v) is 5.41. The first-order valence-electron chi connectivity index (χ1n) is 2.35. The summed E-state index contributed by atoms with van der Waals surface area (Å²) in [5.74, 6) is -0.981. The van der Waals surface area contributed by atoms with Crippen molar-refractivity contribution >= 4 is 12.4 Å². The van der Waals surface area contributed by atoms with Gasteiger partial charge in [0.2, 0.25) is 6.41 Å². The van der Waals surface area contributed by atoms with E-state index >= 15 is 0 Å². The first kappa shape index (κ1) is 11.2. The molecule has 0 aromatic carbocycles. The number of carbonyl (C=O) groups excluding carboxylic acids is 1. The minimum atomic E-state index is -0.981. The van der Waals surface area contributed by atoms with Gasteiger partial charge in [0.15, 0.2) is 0 Å². The molecule has 0 aromatic rings. The molecule has 0 aromatic heterocycles. The van der Waals surface area contributed by atoms with Crippen LogP contribution in [0.1, 0.15) is 0 Å². The van der Waals surface area contributed by atoms with Gasteiger partial charge in [0.25, 0.3) is 0 Å². The van der Waals surface area contributed by atoms with Crippen LogP contribution in [0.3, 0.4) is 0 Å². The van der Waals surface area contributed by atoms with Crippen LogP contribution in [0, 0.1) is 0 Å². The molecule has 0 fully saturated rings. The van der Waals surface area contributed by atoms with Gasteiger partial charge in [-0.3, -0.25) is 4.79 Å². The predicted octanol–water partition coefficient (Wildman–Crippen LogP) is 0.133. The van der Waals surface area contributed by atoms with Gasteiger partial charge in [0.05, 0.1) is 0 Å². The van der Waals surface area contributed by atoms with Gasteiger partial charge in [-0.25, -0.2) is 4.79 Å². The second-order valence-corrected chi connectivity index (χ2v) is 1.03. The maximum absolute atomic E-state index is 9.25. The molecule has 0 saturated carbocycles. The minimum Gasteiger partial charge on any atom is -0.478 e. The molecule has 0 saturated heterocycles. The summed E-state index contributed by atoms with van der Waals surface area (Å²) in [6, 6.07) is 0. The van der Waals surface area contributed by atoms with Gasteiger partial charge in [0, 0.05) is 6.08 Å². The molecule has 4 nitrogen and oxygen atoms in total. The van der Waals surface area contributed by atoms with Crippen molar-refractivity contribution in [3.8, 4) is 0 Å². The Hall–Kier alpha value is -1.58. The Bertz CT molecular complexity index is 125. The largest absolute Gasteiger partial charge is 0.478 e. The highest BCUT2D eigenvalue weighted by molar-refractivity contribution is 5.78. The predicted molar refractivity (Wildman–Crippen MR) is 37.2 cm³/mol. The number of hydrogen-bond acceptors (Lipinski definition) is 2. The lowest BCUT2D eigenvalue weighted by molar-refractivity contribution is -0.131. The molecule has 0 heterocycles. The molecule has 0 aliphatic carbocycles. The number of amides is 1. The Morgan fingerprint density at radius 2 is 1.90 bits per heavy atom. The third kappa shape index (κ3) is 32.2. The zero-order valence-electron chi connectivity index (χ0n) is 5.41. The number of rotatable bonds is 3. The fourth-order valence-corrected chi connectivity index (χ4v) is 0.0481. The lowest BCUT2D eigenvalue weighted by Crippen LogP contribution is -1.96. The Balaban J connectivity index is 0. The molecule has 0 rings (SSSR count). The van der Waals surface area contributed by atoms with E-state index in [2.05, 4.69) is 18.5 Å². The molecule has 0 bridgehead atoms. The van der Waals surface area contributed by atoms with Crippen LogP contribution in [0.15, 0.2) is 25.4 Å². The van der Waals surface area contributed by atoms with Gasteiger partial charge in [-0.05, 0) is 6.20 Å². The summed E-state index contributed by atoms with van der Waals surface area (Å²) in [5, 5.41) is 9.80. The molecule has 2 N–H and O–H groups in total. The number of carboxylic acid groups (broad SMARTS) is 1. The number of nitrogens with one attached hydrogen (secondary N) is 1. The number of hydrogen-bond donors (Lipinski definition) is 2. The molecule has 0 atom stereocenters. The SMILES string of the molecule is C=CC(=O)O.C=CNC=O. The summed E-state index contributed by atoms with van der Waals surface area (Å²) in [6.07, 6.45) is 2.71. The van der Waals surface area contributed by atoms with Crippen LogP contribution >= 0.6 is 0 Å². The summed E-state index contributed by atoms with van der Waals surface area (Å²) >= 11 is 0. The van der Waals surface area contributed by atoms with Gasteiger partial charge >= 0.3 is 5.97 Å². The summed E-state index contributed by atoms with van der Waals surface area (Å²) in [4.78, 5) is 18.5. The molecule has 0 radical (unpaired) electrons. The van der Waals surface area contributed by atoms with E-state index in [0.29, 0.717) is 6.41 Å². The minimum absolute atomic E-state index is 0.562. The Kier molecular flexibility index (Phi) is 11.7. The summed E-state index contributed by atoms with van der Waals surface area (Å²) in [5.41, 5.74) is 0. The van der Waals surface area contributed by atoms with Gasteiger partial charge < -0.3 is 10.4 Å². The number of carbonyl (C=O) groups is 2. The van der Waals surface area contributed by atoms with Crippen molar-refractivity contribution in [3.63, 3.8) is 0 Å². The molecular formula is C6H9NO3. The topological polar surface area (TPSA) is 66.4 Å². The lowest BCUT2D eigenvalue weighted by Gasteiger charge is -1.70. The molecule has 0 aliphatic heterocycles. The fraction of sp³-hybridized carbons (Fsp3) is 0. The highest BCUT2D eigenvalue weighted by atomic mass is 16.4. The smallest absolute Gasteiger partial charge is 0.327 e. The van der Waals surface area contributed by atoms with E-state index < -0.39 is 5.97 Å². The zero-order chi connectivity index (χ0) is 8.41. The van der Waals surface area contributed by atoms with Gasteiger partial charge in [0.1, 0.15) is 0 Å². The van der Waals surface area contributed by atoms with Crippen molar-refractivity contribution in [1.29, 1.82) is 0 Å². The highest BCUT2D eigenvalue weighted by Gasteiger charge is 1.73. The second kappa shape index (κ2) is 10.4. The summed E-state index contributed by atoms with van der Waals surface area (Å²) < 4.78 is 0.